The van der Waals surface area contributed by atoms with Gasteiger partial charge in [0, 0.05) is 34.1 Å². The van der Waals surface area contributed by atoms with Crippen molar-refractivity contribution in [3.05, 3.63) is 35.9 Å². The summed E-state index contributed by atoms with van der Waals surface area (Å²) in [5.41, 5.74) is 0.967. The zero-order valence-electron chi connectivity index (χ0n) is 14.9. The molecule has 1 fully saturated rings. The maximum Gasteiger partial charge on any atom is 0.245 e. The van der Waals surface area contributed by atoms with E-state index in [1.165, 1.54) is 28.2 Å². The van der Waals surface area contributed by atoms with E-state index < -0.39 is 16.1 Å². The molecule has 0 spiro atoms. The summed E-state index contributed by atoms with van der Waals surface area (Å²) < 4.78 is 25.0. The lowest BCUT2D eigenvalue weighted by molar-refractivity contribution is -0.154. The Morgan fingerprint density at radius 2 is 1.80 bits per heavy atom. The Labute approximate surface area is 149 Å². The van der Waals surface area contributed by atoms with Crippen molar-refractivity contribution < 1.29 is 18.0 Å². The molecule has 1 atom stereocenters. The van der Waals surface area contributed by atoms with Crippen LogP contribution in [0.5, 0.6) is 0 Å². The van der Waals surface area contributed by atoms with Crippen LogP contribution in [0.15, 0.2) is 30.3 Å². The molecule has 1 saturated heterocycles. The molecule has 1 aromatic rings. The van der Waals surface area contributed by atoms with Crippen molar-refractivity contribution in [2.45, 2.75) is 18.9 Å². The molecular weight excluding hydrogens is 342 g/mol. The van der Waals surface area contributed by atoms with Gasteiger partial charge in [-0.2, -0.15) is 0 Å². The Kier molecular flexibility index (Phi) is 6.18. The number of amides is 2. The van der Waals surface area contributed by atoms with E-state index in [2.05, 4.69) is 0 Å². The number of sulfonamides is 1. The topological polar surface area (TPSA) is 78.0 Å². The van der Waals surface area contributed by atoms with Crippen molar-refractivity contribution in [1.82, 2.24) is 14.1 Å². The Morgan fingerprint density at radius 3 is 2.40 bits per heavy atom. The highest BCUT2D eigenvalue weighted by molar-refractivity contribution is 7.89. The lowest BCUT2D eigenvalue weighted by atomic mass is 10.0. The second-order valence-electron chi connectivity index (χ2n) is 6.44. The lowest BCUT2D eigenvalue weighted by Gasteiger charge is -2.39. The first-order valence-electron chi connectivity index (χ1n) is 8.21. The van der Waals surface area contributed by atoms with Crippen LogP contribution in [0.2, 0.25) is 0 Å². The molecular formula is C17H25N3O4S. The average Bonchev–Trinajstić information content (AvgIpc) is 2.56. The molecule has 2 amide bonds. The van der Waals surface area contributed by atoms with Crippen molar-refractivity contribution in [3.63, 3.8) is 0 Å². The Morgan fingerprint density at radius 1 is 1.16 bits per heavy atom. The van der Waals surface area contributed by atoms with E-state index in [9.17, 15) is 18.0 Å². The molecule has 1 aliphatic heterocycles. The predicted octanol–water partition coefficient (Wildman–Crippen LogP) is 0.180. The molecule has 2 rings (SSSR count). The van der Waals surface area contributed by atoms with E-state index in [4.69, 9.17) is 0 Å². The summed E-state index contributed by atoms with van der Waals surface area (Å²) in [5.74, 6) is -0.310. The third-order valence-corrected chi connectivity index (χ3v) is 6.28. The van der Waals surface area contributed by atoms with Gasteiger partial charge in [0.25, 0.3) is 0 Å². The smallest absolute Gasteiger partial charge is 0.245 e. The normalized spacial score (nSPS) is 19.0. The monoisotopic (exact) mass is 367 g/mol. The fourth-order valence-electron chi connectivity index (χ4n) is 2.85. The molecule has 1 aromatic carbocycles. The number of carbonyl (C=O) groups excluding carboxylic acids is 2. The van der Waals surface area contributed by atoms with Crippen LogP contribution >= 0.6 is 0 Å². The fourth-order valence-corrected chi connectivity index (χ4v) is 3.71. The molecule has 25 heavy (non-hydrogen) atoms. The molecule has 0 aromatic heterocycles. The molecule has 0 saturated carbocycles. The van der Waals surface area contributed by atoms with Gasteiger partial charge in [-0.15, -0.1) is 0 Å². The van der Waals surface area contributed by atoms with Gasteiger partial charge in [-0.3, -0.25) is 9.59 Å². The van der Waals surface area contributed by atoms with Gasteiger partial charge in [0.05, 0.1) is 12.3 Å². The molecule has 0 radical (unpaired) electrons. The van der Waals surface area contributed by atoms with Crippen LogP contribution in [0.25, 0.3) is 0 Å². The highest BCUT2D eigenvalue weighted by Gasteiger charge is 2.37. The third kappa shape index (κ3) is 4.79. The quantitative estimate of drug-likeness (QED) is 0.689. The summed E-state index contributed by atoms with van der Waals surface area (Å²) in [6, 6.07) is 8.93. The summed E-state index contributed by atoms with van der Waals surface area (Å²) in [7, 11) is 1.27. The minimum Gasteiger partial charge on any atom is -0.335 e. The van der Waals surface area contributed by atoms with Gasteiger partial charge in [0.15, 0.2) is 0 Å². The molecule has 7 nitrogen and oxygen atoms in total. The maximum absolute atomic E-state index is 12.6. The molecule has 0 bridgehead atoms. The van der Waals surface area contributed by atoms with Crippen LogP contribution in [-0.2, 0) is 26.0 Å². The number of piperazine rings is 1. The lowest BCUT2D eigenvalue weighted by Crippen LogP contribution is -2.59. The standard InChI is InChI=1S/C17H25N3O4S/c1-18(2)25(23,24)11-7-10-20-15(12-14-8-5-4-6-9-14)17(22)19(3)13-16(20)21/h4-6,8-9,15H,7,10-13H2,1-3H3/t15-/m1/s1. The summed E-state index contributed by atoms with van der Waals surface area (Å²) in [4.78, 5) is 27.9. The summed E-state index contributed by atoms with van der Waals surface area (Å²) >= 11 is 0. The van der Waals surface area contributed by atoms with Crippen LogP contribution in [0.1, 0.15) is 12.0 Å². The minimum atomic E-state index is -3.32. The van der Waals surface area contributed by atoms with Gasteiger partial charge in [-0.1, -0.05) is 30.3 Å². The molecule has 138 valence electrons. The number of hydrogen-bond donors (Lipinski definition) is 0. The van der Waals surface area contributed by atoms with Gasteiger partial charge >= 0.3 is 0 Å². The van der Waals surface area contributed by atoms with E-state index >= 15 is 0 Å². The minimum absolute atomic E-state index is 0.0323. The van der Waals surface area contributed by atoms with E-state index in [0.717, 1.165) is 5.56 Å². The van der Waals surface area contributed by atoms with Gasteiger partial charge in [0.2, 0.25) is 21.8 Å². The van der Waals surface area contributed by atoms with E-state index in [1.807, 2.05) is 30.3 Å². The molecule has 8 heteroatoms. The van der Waals surface area contributed by atoms with Crippen molar-refractivity contribution >= 4 is 21.8 Å². The van der Waals surface area contributed by atoms with E-state index in [1.54, 1.807) is 7.05 Å². The zero-order valence-corrected chi connectivity index (χ0v) is 15.7. The number of rotatable bonds is 7. The van der Waals surface area contributed by atoms with E-state index in [0.29, 0.717) is 12.8 Å². The van der Waals surface area contributed by atoms with Crippen molar-refractivity contribution in [2.75, 3.05) is 40.0 Å². The van der Waals surface area contributed by atoms with Gasteiger partial charge in [-0.05, 0) is 12.0 Å². The Hall–Kier alpha value is -1.93. The number of hydrogen-bond acceptors (Lipinski definition) is 4. The van der Waals surface area contributed by atoms with Crippen LogP contribution in [0.3, 0.4) is 0 Å². The second kappa shape index (κ2) is 7.97. The first-order valence-corrected chi connectivity index (χ1v) is 9.82. The molecule has 1 aliphatic rings. The summed E-state index contributed by atoms with van der Waals surface area (Å²) in [6.45, 7) is 0.285. The second-order valence-corrected chi connectivity index (χ2v) is 8.74. The van der Waals surface area contributed by atoms with Gasteiger partial charge < -0.3 is 9.80 Å². The van der Waals surface area contributed by atoms with Crippen LogP contribution in [-0.4, -0.2) is 80.4 Å². The van der Waals surface area contributed by atoms with Gasteiger partial charge in [-0.25, -0.2) is 12.7 Å². The first kappa shape index (κ1) is 19.4. The van der Waals surface area contributed by atoms with Crippen molar-refractivity contribution in [2.24, 2.45) is 0 Å². The number of nitrogens with zero attached hydrogens (tertiary/aromatic N) is 3. The maximum atomic E-state index is 12.6. The van der Waals surface area contributed by atoms with E-state index in [-0.39, 0.29) is 30.7 Å². The highest BCUT2D eigenvalue weighted by atomic mass is 32.2. The summed E-state index contributed by atoms with van der Waals surface area (Å²) in [5, 5.41) is 0. The zero-order chi connectivity index (χ0) is 18.6. The Balaban J connectivity index is 2.11. The van der Waals surface area contributed by atoms with Gasteiger partial charge in [0.1, 0.15) is 6.04 Å². The van der Waals surface area contributed by atoms with Crippen LogP contribution < -0.4 is 0 Å². The first-order chi connectivity index (χ1) is 11.7. The number of carbonyl (C=O) groups is 2. The molecule has 1 heterocycles. The predicted molar refractivity (Wildman–Crippen MR) is 95.4 cm³/mol. The largest absolute Gasteiger partial charge is 0.335 e. The fraction of sp³-hybridized carbons (Fsp3) is 0.529. The Bertz CT molecular complexity index is 719. The van der Waals surface area contributed by atoms with Crippen molar-refractivity contribution in [1.29, 1.82) is 0 Å². The SMILES string of the molecule is CN1CC(=O)N(CCCS(=O)(=O)N(C)C)[C@H](Cc2ccccc2)C1=O. The highest BCUT2D eigenvalue weighted by Crippen LogP contribution is 2.17. The van der Waals surface area contributed by atoms with Crippen LogP contribution in [0, 0.1) is 0 Å². The number of likely N-dealkylation sites (N-methyl/N-ethyl adjacent to an activating group) is 1. The molecule has 0 N–H and O–H groups in total. The molecule has 0 aliphatic carbocycles. The van der Waals surface area contributed by atoms with Crippen molar-refractivity contribution in [3.8, 4) is 0 Å². The third-order valence-electron chi connectivity index (χ3n) is 4.36. The molecule has 0 unspecified atom stereocenters. The summed E-state index contributed by atoms with van der Waals surface area (Å²) in [6.07, 6.45) is 0.727. The number of benzene rings is 1. The van der Waals surface area contributed by atoms with Crippen LogP contribution in [0.4, 0.5) is 0 Å². The average molecular weight is 367 g/mol.